The summed E-state index contributed by atoms with van der Waals surface area (Å²) in [4.78, 5) is 51.2. The molecular formula is C31H38N6O5S. The second kappa shape index (κ2) is 11.5. The van der Waals surface area contributed by atoms with Gasteiger partial charge in [0, 0.05) is 29.7 Å². The molecule has 0 saturated carbocycles. The van der Waals surface area contributed by atoms with E-state index in [1.807, 2.05) is 42.1 Å². The Morgan fingerprint density at radius 1 is 1.02 bits per heavy atom. The first-order valence-corrected chi connectivity index (χ1v) is 15.1. The maximum Gasteiger partial charge on any atom is 0.411 e. The third-order valence-corrected chi connectivity index (χ3v) is 7.93. The minimum atomic E-state index is -0.744. The Morgan fingerprint density at radius 2 is 1.70 bits per heavy atom. The number of aromatic amines is 1. The van der Waals surface area contributed by atoms with Crippen molar-refractivity contribution in [1.29, 1.82) is 0 Å². The van der Waals surface area contributed by atoms with E-state index in [0.29, 0.717) is 16.8 Å². The molecule has 11 nitrogen and oxygen atoms in total. The first kappa shape index (κ1) is 30.3. The van der Waals surface area contributed by atoms with Gasteiger partial charge >= 0.3 is 12.2 Å². The predicted molar refractivity (Wildman–Crippen MR) is 165 cm³/mol. The van der Waals surface area contributed by atoms with Crippen LogP contribution >= 0.6 is 11.3 Å². The van der Waals surface area contributed by atoms with Crippen LogP contribution in [0.15, 0.2) is 47.4 Å². The Hall–Kier alpha value is -4.19. The van der Waals surface area contributed by atoms with Crippen LogP contribution in [0.3, 0.4) is 0 Å². The number of rotatable bonds is 4. The van der Waals surface area contributed by atoms with Crippen LogP contribution in [0.1, 0.15) is 64.7 Å². The summed E-state index contributed by atoms with van der Waals surface area (Å²) in [5, 5.41) is 4.68. The number of aryl methyl sites for hydroxylation is 1. The van der Waals surface area contributed by atoms with Crippen LogP contribution in [0.4, 0.5) is 9.59 Å². The zero-order chi connectivity index (χ0) is 31.1. The van der Waals surface area contributed by atoms with E-state index >= 15 is 0 Å². The van der Waals surface area contributed by atoms with Gasteiger partial charge in [0.2, 0.25) is 0 Å². The fourth-order valence-corrected chi connectivity index (χ4v) is 5.96. The number of nitrogens with zero attached hydrogens (tertiary/aromatic N) is 5. The van der Waals surface area contributed by atoms with Crippen molar-refractivity contribution in [3.05, 3.63) is 70.0 Å². The maximum absolute atomic E-state index is 13.4. The van der Waals surface area contributed by atoms with E-state index < -0.39 is 29.4 Å². The zero-order valence-corrected chi connectivity index (χ0v) is 26.4. The number of hydrogen-bond donors (Lipinski definition) is 1. The molecule has 1 aliphatic heterocycles. The molecule has 228 valence electrons. The fraction of sp³-hybridized carbons (Fsp3) is 0.452. The number of thiophene rings is 1. The van der Waals surface area contributed by atoms with E-state index in [1.54, 1.807) is 41.5 Å². The second-order valence-electron chi connectivity index (χ2n) is 12.7. The number of H-pyrrole nitrogens is 1. The molecule has 0 aliphatic carbocycles. The Balaban J connectivity index is 1.48. The van der Waals surface area contributed by atoms with E-state index in [0.717, 1.165) is 21.7 Å². The van der Waals surface area contributed by atoms with Crippen LogP contribution in [0.2, 0.25) is 0 Å². The van der Waals surface area contributed by atoms with Crippen LogP contribution in [-0.4, -0.2) is 72.6 Å². The summed E-state index contributed by atoms with van der Waals surface area (Å²) in [6, 6.07) is 11.2. The summed E-state index contributed by atoms with van der Waals surface area (Å²) in [6.07, 6.45) is 0.939. The minimum absolute atomic E-state index is 0.0883. The van der Waals surface area contributed by atoms with Crippen molar-refractivity contribution in [2.45, 2.75) is 72.3 Å². The van der Waals surface area contributed by atoms with Crippen LogP contribution in [0, 0.1) is 6.92 Å². The molecule has 4 heterocycles. The maximum atomic E-state index is 13.4. The molecule has 5 rings (SSSR count). The first-order valence-electron chi connectivity index (χ1n) is 14.3. The van der Waals surface area contributed by atoms with Gasteiger partial charge in [0.1, 0.15) is 27.8 Å². The lowest BCUT2D eigenvalue weighted by Crippen LogP contribution is -2.54. The summed E-state index contributed by atoms with van der Waals surface area (Å²) in [7, 11) is 0. The van der Waals surface area contributed by atoms with Gasteiger partial charge in [-0.15, -0.1) is 11.3 Å². The molecule has 0 spiro atoms. The van der Waals surface area contributed by atoms with E-state index in [4.69, 9.17) is 14.5 Å². The van der Waals surface area contributed by atoms with Crippen molar-refractivity contribution < 1.29 is 19.1 Å². The lowest BCUT2D eigenvalue weighted by molar-refractivity contribution is -0.0163. The van der Waals surface area contributed by atoms with Crippen LogP contribution in [0.25, 0.3) is 20.7 Å². The quantitative estimate of drug-likeness (QED) is 0.315. The Bertz CT molecular complexity index is 1700. The summed E-state index contributed by atoms with van der Waals surface area (Å²) in [5.74, 6) is 0.275. The molecule has 3 aromatic heterocycles. The number of amides is 2. The van der Waals surface area contributed by atoms with Gasteiger partial charge in [-0.25, -0.2) is 14.6 Å². The van der Waals surface area contributed by atoms with Crippen LogP contribution in [0.5, 0.6) is 0 Å². The minimum Gasteiger partial charge on any atom is -0.444 e. The third kappa shape index (κ3) is 7.07. The first-order chi connectivity index (χ1) is 20.2. The predicted octanol–water partition coefficient (Wildman–Crippen LogP) is 5.73. The zero-order valence-electron chi connectivity index (χ0n) is 25.6. The highest BCUT2D eigenvalue weighted by atomic mass is 32.1. The van der Waals surface area contributed by atoms with Crippen molar-refractivity contribution in [2.75, 3.05) is 19.6 Å². The van der Waals surface area contributed by atoms with Gasteiger partial charge < -0.3 is 19.4 Å². The molecule has 2 amide bonds. The van der Waals surface area contributed by atoms with Crippen molar-refractivity contribution in [3.63, 3.8) is 0 Å². The van der Waals surface area contributed by atoms with Crippen molar-refractivity contribution in [1.82, 2.24) is 29.5 Å². The molecular weight excluding hydrogens is 568 g/mol. The third-order valence-electron chi connectivity index (χ3n) is 6.78. The van der Waals surface area contributed by atoms with Crippen LogP contribution in [-0.2, 0) is 16.0 Å². The lowest BCUT2D eigenvalue weighted by Gasteiger charge is -2.41. The van der Waals surface area contributed by atoms with Gasteiger partial charge in [-0.1, -0.05) is 30.3 Å². The summed E-state index contributed by atoms with van der Waals surface area (Å²) in [6.45, 7) is 13.9. The molecule has 1 aliphatic rings. The number of nitrogens with one attached hydrogen (secondary N) is 1. The van der Waals surface area contributed by atoms with Gasteiger partial charge in [0.25, 0.3) is 5.56 Å². The topological polar surface area (TPSA) is 123 Å². The summed E-state index contributed by atoms with van der Waals surface area (Å²) in [5.41, 5.74) is 1.69. The largest absolute Gasteiger partial charge is 0.444 e. The number of carbonyl (C=O) groups excluding carboxylic acids is 2. The van der Waals surface area contributed by atoms with E-state index in [9.17, 15) is 14.4 Å². The Morgan fingerprint density at radius 3 is 2.37 bits per heavy atom. The average molecular weight is 607 g/mol. The monoisotopic (exact) mass is 606 g/mol. The van der Waals surface area contributed by atoms with Gasteiger partial charge in [0.05, 0.1) is 24.3 Å². The number of carbonyl (C=O) groups is 2. The highest BCUT2D eigenvalue weighted by molar-refractivity contribution is 7.22. The van der Waals surface area contributed by atoms with Crippen LogP contribution < -0.4 is 5.56 Å². The Labute approximate surface area is 254 Å². The molecule has 0 bridgehead atoms. The number of fused-ring (bicyclic) bond motifs is 1. The molecule has 0 radical (unpaired) electrons. The standard InChI is InChI=1S/C31H38N6O5S/c1-19-21(17-36(34-19)16-20-11-9-8-10-12-20)24-15-22-25(43-24)27(38)33-26(32-22)23-18-35(28(39)41-30(2,3)4)13-14-37(23)29(40)42-31(5,6)7/h8-12,15,17,23H,13-14,16,18H2,1-7H3,(H,32,33,38). The summed E-state index contributed by atoms with van der Waals surface area (Å²) < 4.78 is 13.6. The average Bonchev–Trinajstić information content (AvgIpc) is 3.50. The highest BCUT2D eigenvalue weighted by Gasteiger charge is 2.38. The van der Waals surface area contributed by atoms with Crippen molar-refractivity contribution >= 4 is 33.7 Å². The molecule has 1 saturated heterocycles. The SMILES string of the molecule is Cc1nn(Cc2ccccc2)cc1-c1cc2nc(C3CN(C(=O)OC(C)(C)C)CCN3C(=O)OC(C)(C)C)[nH]c(=O)c2s1. The fourth-order valence-electron chi connectivity index (χ4n) is 4.91. The number of benzene rings is 1. The number of ether oxygens (including phenoxy) is 2. The normalized spacial score (nSPS) is 16.0. The molecule has 1 N–H and O–H groups in total. The number of aromatic nitrogens is 4. The summed E-state index contributed by atoms with van der Waals surface area (Å²) >= 11 is 1.34. The van der Waals surface area contributed by atoms with Gasteiger partial charge in [-0.3, -0.25) is 14.4 Å². The molecule has 1 aromatic carbocycles. The molecule has 12 heteroatoms. The van der Waals surface area contributed by atoms with E-state index in [1.165, 1.54) is 21.1 Å². The molecule has 4 aromatic rings. The van der Waals surface area contributed by atoms with Crippen molar-refractivity contribution in [3.8, 4) is 10.4 Å². The van der Waals surface area contributed by atoms with Crippen molar-refractivity contribution in [2.24, 2.45) is 0 Å². The number of hydrogen-bond acceptors (Lipinski definition) is 8. The van der Waals surface area contributed by atoms with E-state index in [-0.39, 0.29) is 31.0 Å². The Kier molecular flexibility index (Phi) is 8.08. The molecule has 1 atom stereocenters. The van der Waals surface area contributed by atoms with Gasteiger partial charge in [0.15, 0.2) is 0 Å². The molecule has 1 fully saturated rings. The van der Waals surface area contributed by atoms with E-state index in [2.05, 4.69) is 22.2 Å². The number of piperazine rings is 1. The smallest absolute Gasteiger partial charge is 0.411 e. The molecule has 43 heavy (non-hydrogen) atoms. The highest BCUT2D eigenvalue weighted by Crippen LogP contribution is 2.34. The molecule has 1 unspecified atom stereocenters. The second-order valence-corrected chi connectivity index (χ2v) is 13.8. The van der Waals surface area contributed by atoms with Gasteiger partial charge in [-0.2, -0.15) is 5.10 Å². The lowest BCUT2D eigenvalue weighted by atomic mass is 10.1. The van der Waals surface area contributed by atoms with Gasteiger partial charge in [-0.05, 0) is 60.1 Å².